The number of aromatic nitrogens is 1. The van der Waals surface area contributed by atoms with Gasteiger partial charge in [0.05, 0.1) is 4.92 Å². The zero-order chi connectivity index (χ0) is 21.0. The summed E-state index contributed by atoms with van der Waals surface area (Å²) >= 11 is 5.44. The Bertz CT molecular complexity index is 1100. The summed E-state index contributed by atoms with van der Waals surface area (Å²) in [7, 11) is 0. The predicted molar refractivity (Wildman–Crippen MR) is 110 cm³/mol. The lowest BCUT2D eigenvalue weighted by molar-refractivity contribution is -0.577. The van der Waals surface area contributed by atoms with Gasteiger partial charge in [-0.1, -0.05) is 30.4 Å². The molecule has 2 aromatic carbocycles. The Morgan fingerprint density at radius 3 is 2.38 bits per heavy atom. The van der Waals surface area contributed by atoms with Gasteiger partial charge in [-0.25, -0.2) is 4.39 Å². The van der Waals surface area contributed by atoms with Crippen LogP contribution in [-0.2, 0) is 0 Å². The smallest absolute Gasteiger partial charge is 0.272 e. The van der Waals surface area contributed by atoms with Crippen molar-refractivity contribution in [2.24, 2.45) is 0 Å². The van der Waals surface area contributed by atoms with E-state index >= 15 is 0 Å². The van der Waals surface area contributed by atoms with Crippen LogP contribution in [0.3, 0.4) is 0 Å². The van der Waals surface area contributed by atoms with Gasteiger partial charge >= 0.3 is 0 Å². The lowest BCUT2D eigenvalue weighted by Gasteiger charge is -2.17. The van der Waals surface area contributed by atoms with Gasteiger partial charge < -0.3 is 10.4 Å². The van der Waals surface area contributed by atoms with Gasteiger partial charge in [0.2, 0.25) is 5.70 Å². The van der Waals surface area contributed by atoms with Crippen LogP contribution >= 0.6 is 12.2 Å². The molecule has 0 amide bonds. The molecular weight excluding hydrogens is 393 g/mol. The van der Waals surface area contributed by atoms with Crippen molar-refractivity contribution in [2.45, 2.75) is 6.92 Å². The highest BCUT2D eigenvalue weighted by Crippen LogP contribution is 2.24. The van der Waals surface area contributed by atoms with Crippen molar-refractivity contribution in [3.63, 3.8) is 0 Å². The normalized spacial score (nSPS) is 11.5. The summed E-state index contributed by atoms with van der Waals surface area (Å²) in [6.07, 6.45) is 3.29. The minimum Gasteiger partial charge on any atom is -0.867 e. The Morgan fingerprint density at radius 1 is 1.10 bits per heavy atom. The first kappa shape index (κ1) is 20.1. The third kappa shape index (κ3) is 4.61. The van der Waals surface area contributed by atoms with Gasteiger partial charge in [0.15, 0.2) is 17.4 Å². The molecule has 0 unspecified atom stereocenters. The van der Waals surface area contributed by atoms with E-state index in [1.165, 1.54) is 47.0 Å². The molecule has 1 aromatic heterocycles. The first-order chi connectivity index (χ1) is 13.9. The van der Waals surface area contributed by atoms with Crippen LogP contribution in [0.4, 0.5) is 15.8 Å². The number of hydrogen-bond donors (Lipinski definition) is 1. The van der Waals surface area contributed by atoms with Gasteiger partial charge in [0.25, 0.3) is 5.69 Å². The molecule has 29 heavy (non-hydrogen) atoms. The second-order valence-corrected chi connectivity index (χ2v) is 6.59. The zero-order valence-corrected chi connectivity index (χ0v) is 16.2. The summed E-state index contributed by atoms with van der Waals surface area (Å²) in [4.78, 5) is 10.8. The highest BCUT2D eigenvalue weighted by atomic mass is 32.1. The van der Waals surface area contributed by atoms with Crippen LogP contribution in [0.2, 0.25) is 0 Å². The van der Waals surface area contributed by atoms with E-state index in [9.17, 15) is 19.6 Å². The van der Waals surface area contributed by atoms with Crippen LogP contribution in [0.5, 0.6) is 0 Å². The lowest BCUT2D eigenvalue weighted by atomic mass is 10.1. The molecule has 0 radical (unpaired) electrons. The number of anilines is 1. The van der Waals surface area contributed by atoms with E-state index in [0.717, 1.165) is 0 Å². The second kappa shape index (κ2) is 8.57. The largest absolute Gasteiger partial charge is 0.867 e. The van der Waals surface area contributed by atoms with Crippen LogP contribution in [-0.4, -0.2) is 9.91 Å². The molecule has 0 aliphatic heterocycles. The van der Waals surface area contributed by atoms with Crippen LogP contribution in [0, 0.1) is 22.9 Å². The van der Waals surface area contributed by atoms with Gasteiger partial charge in [-0.05, 0) is 42.5 Å². The van der Waals surface area contributed by atoms with Gasteiger partial charge in [0.1, 0.15) is 5.82 Å². The Balaban J connectivity index is 2.10. The second-order valence-electron chi connectivity index (χ2n) is 6.18. The summed E-state index contributed by atoms with van der Waals surface area (Å²) in [6, 6.07) is 15.1. The zero-order valence-electron chi connectivity index (χ0n) is 15.3. The molecule has 0 aliphatic rings. The molecule has 0 atom stereocenters. The Kier molecular flexibility index (Phi) is 5.94. The molecule has 0 aliphatic carbocycles. The van der Waals surface area contributed by atoms with Gasteiger partial charge in [0, 0.05) is 29.4 Å². The number of halogens is 1. The molecule has 0 spiro atoms. The van der Waals surface area contributed by atoms with Crippen molar-refractivity contribution in [2.75, 3.05) is 5.32 Å². The third-order valence-corrected chi connectivity index (χ3v) is 4.47. The summed E-state index contributed by atoms with van der Waals surface area (Å²) in [5.41, 5.74) is 1.06. The van der Waals surface area contributed by atoms with Gasteiger partial charge in [-0.3, -0.25) is 10.1 Å². The van der Waals surface area contributed by atoms with Gasteiger partial charge in [-0.15, -0.1) is 0 Å². The van der Waals surface area contributed by atoms with Gasteiger partial charge in [-0.2, -0.15) is 4.57 Å². The van der Waals surface area contributed by atoms with Crippen LogP contribution in [0.25, 0.3) is 11.5 Å². The topological polar surface area (TPSA) is 82.1 Å². The number of nitro groups is 1. The van der Waals surface area contributed by atoms with E-state index < -0.39 is 16.5 Å². The fourth-order valence-electron chi connectivity index (χ4n) is 2.69. The van der Waals surface area contributed by atoms with Crippen LogP contribution in [0.15, 0.2) is 73.1 Å². The summed E-state index contributed by atoms with van der Waals surface area (Å²) in [6.45, 7) is 1.60. The first-order valence-electron chi connectivity index (χ1n) is 8.57. The molecule has 1 N–H and O–H groups in total. The van der Waals surface area contributed by atoms with Crippen molar-refractivity contribution < 1.29 is 19.0 Å². The maximum absolute atomic E-state index is 13.2. The molecule has 146 valence electrons. The summed E-state index contributed by atoms with van der Waals surface area (Å²) < 4.78 is 14.7. The highest BCUT2D eigenvalue weighted by Gasteiger charge is 2.20. The molecule has 6 nitrogen and oxygen atoms in total. The van der Waals surface area contributed by atoms with Crippen LogP contribution < -0.4 is 15.0 Å². The quantitative estimate of drug-likeness (QED) is 0.174. The standard InChI is InChI=1S/C21H16FN3O3S/c1-14-5-6-15(13-18(14)25(27)28)20(26)19(24-11-3-2-4-12-24)21(29)23-17-9-7-16(22)8-10-17/h2-13H,1H3,(H-,23,26,29). The summed E-state index contributed by atoms with van der Waals surface area (Å²) in [5, 5.41) is 27.4. The average Bonchev–Trinajstić information content (AvgIpc) is 2.70. The van der Waals surface area contributed by atoms with Crippen molar-refractivity contribution in [1.29, 1.82) is 0 Å². The number of nitro benzene ring substituents is 1. The number of benzene rings is 2. The van der Waals surface area contributed by atoms with Crippen LogP contribution in [0.1, 0.15) is 11.1 Å². The maximum atomic E-state index is 13.2. The number of nitrogens with zero attached hydrogens (tertiary/aromatic N) is 2. The molecule has 0 saturated heterocycles. The number of aryl methyl sites for hydroxylation is 1. The number of pyridine rings is 1. The average molecular weight is 409 g/mol. The van der Waals surface area contributed by atoms with E-state index in [4.69, 9.17) is 12.2 Å². The molecule has 3 aromatic rings. The number of thiocarbonyl (C=S) groups is 1. The first-order valence-corrected chi connectivity index (χ1v) is 8.98. The summed E-state index contributed by atoms with van der Waals surface area (Å²) in [5.74, 6) is -0.880. The van der Waals surface area contributed by atoms with Crippen molar-refractivity contribution >= 4 is 40.0 Å². The number of rotatable bonds is 5. The van der Waals surface area contributed by atoms with Crippen molar-refractivity contribution in [3.05, 3.63) is 100 Å². The Hall–Kier alpha value is -3.65. The third-order valence-electron chi connectivity index (χ3n) is 4.17. The van der Waals surface area contributed by atoms with E-state index in [2.05, 4.69) is 5.32 Å². The Labute approximate surface area is 171 Å². The van der Waals surface area contributed by atoms with E-state index in [1.54, 1.807) is 37.5 Å². The lowest BCUT2D eigenvalue weighted by Crippen LogP contribution is -2.39. The van der Waals surface area contributed by atoms with Crippen molar-refractivity contribution in [3.8, 4) is 0 Å². The minimum absolute atomic E-state index is 0.0982. The molecule has 0 saturated carbocycles. The van der Waals surface area contributed by atoms with E-state index in [0.29, 0.717) is 11.3 Å². The monoisotopic (exact) mass is 409 g/mol. The minimum atomic E-state index is -0.531. The van der Waals surface area contributed by atoms with E-state index in [-0.39, 0.29) is 21.9 Å². The molecule has 1 heterocycles. The molecular formula is C21H16FN3O3S. The fraction of sp³-hybridized carbons (Fsp3) is 0.0476. The van der Waals surface area contributed by atoms with Crippen molar-refractivity contribution in [1.82, 2.24) is 0 Å². The Morgan fingerprint density at radius 2 is 1.76 bits per heavy atom. The highest BCUT2D eigenvalue weighted by molar-refractivity contribution is 7.81. The SMILES string of the molecule is Cc1ccc(C([O-])=C(C(=S)Nc2ccc(F)cc2)[n+]2ccccc2)cc1[N+](=O)[O-]. The maximum Gasteiger partial charge on any atom is 0.272 e. The molecule has 8 heteroatoms. The fourth-order valence-corrected chi connectivity index (χ4v) is 3.01. The molecule has 0 bridgehead atoms. The number of hydrogen-bond acceptors (Lipinski definition) is 4. The molecule has 0 fully saturated rings. The molecule has 3 rings (SSSR count). The predicted octanol–water partition coefficient (Wildman–Crippen LogP) is 3.46. The number of nitrogens with one attached hydrogen (secondary N) is 1. The van der Waals surface area contributed by atoms with E-state index in [1.807, 2.05) is 0 Å².